The fourth-order valence-corrected chi connectivity index (χ4v) is 3.01. The number of halogens is 1. The Hall–Kier alpha value is -0.930. The topological polar surface area (TPSA) is 23.5 Å². The van der Waals surface area contributed by atoms with Crippen molar-refractivity contribution in [3.63, 3.8) is 0 Å². The molecule has 0 amide bonds. The van der Waals surface area contributed by atoms with Gasteiger partial charge >= 0.3 is 0 Å². The summed E-state index contributed by atoms with van der Waals surface area (Å²) in [5.41, 5.74) is 1.26. The van der Waals surface area contributed by atoms with Crippen molar-refractivity contribution in [2.24, 2.45) is 0 Å². The number of nitrogens with zero attached hydrogens (tertiary/aromatic N) is 1. The predicted octanol–water partition coefficient (Wildman–Crippen LogP) is 2.75. The number of benzene rings is 1. The van der Waals surface area contributed by atoms with Crippen LogP contribution in [0.15, 0.2) is 12.1 Å². The zero-order valence-electron chi connectivity index (χ0n) is 11.5. The van der Waals surface area contributed by atoms with Crippen LogP contribution in [0.25, 0.3) is 0 Å². The Balaban J connectivity index is 2.40. The molecule has 0 aromatic heterocycles. The summed E-state index contributed by atoms with van der Waals surface area (Å²) in [6, 6.07) is 3.47. The number of likely N-dealkylation sites (tertiary alicyclic amines) is 1. The molecule has 1 aliphatic rings. The number of rotatable bonds is 1. The normalized spacial score (nSPS) is 26.1. The summed E-state index contributed by atoms with van der Waals surface area (Å²) in [6.45, 7) is 5.54. The molecule has 1 heterocycles. The summed E-state index contributed by atoms with van der Waals surface area (Å²) in [7, 11) is 2.05. The molecular formula is C15H22FNO. The standard InChI is InChI=1S/C15H22FNO/c1-11-9-12(2)14(13(16)10-11)15(18)5-4-7-17(3)8-6-15/h9-10,18H,4-8H2,1-3H3. The molecule has 0 spiro atoms. The van der Waals surface area contributed by atoms with Crippen molar-refractivity contribution in [3.05, 3.63) is 34.6 Å². The van der Waals surface area contributed by atoms with Crippen molar-refractivity contribution < 1.29 is 9.50 Å². The molecule has 1 aromatic carbocycles. The molecule has 18 heavy (non-hydrogen) atoms. The Morgan fingerprint density at radius 3 is 2.61 bits per heavy atom. The first-order valence-corrected chi connectivity index (χ1v) is 6.60. The third kappa shape index (κ3) is 2.57. The van der Waals surface area contributed by atoms with Gasteiger partial charge in [0.2, 0.25) is 0 Å². The first-order chi connectivity index (χ1) is 8.42. The molecule has 1 unspecified atom stereocenters. The maximum absolute atomic E-state index is 14.2. The predicted molar refractivity (Wildman–Crippen MR) is 71.1 cm³/mol. The average molecular weight is 251 g/mol. The van der Waals surface area contributed by atoms with Gasteiger partial charge in [-0.15, -0.1) is 0 Å². The van der Waals surface area contributed by atoms with Crippen molar-refractivity contribution in [1.82, 2.24) is 4.90 Å². The number of hydrogen-bond acceptors (Lipinski definition) is 2. The molecule has 1 atom stereocenters. The zero-order chi connectivity index (χ0) is 13.3. The SMILES string of the molecule is Cc1cc(C)c(C2(O)CCCN(C)CC2)c(F)c1. The summed E-state index contributed by atoms with van der Waals surface area (Å²) < 4.78 is 14.2. The molecule has 2 rings (SSSR count). The van der Waals surface area contributed by atoms with Gasteiger partial charge in [0.1, 0.15) is 5.82 Å². The van der Waals surface area contributed by atoms with Crippen LogP contribution < -0.4 is 0 Å². The lowest BCUT2D eigenvalue weighted by molar-refractivity contribution is 0.0178. The zero-order valence-corrected chi connectivity index (χ0v) is 11.5. The highest BCUT2D eigenvalue weighted by Gasteiger charge is 2.34. The smallest absolute Gasteiger partial charge is 0.129 e. The third-order valence-corrected chi connectivity index (χ3v) is 3.93. The van der Waals surface area contributed by atoms with Gasteiger partial charge in [0.05, 0.1) is 5.60 Å². The van der Waals surface area contributed by atoms with Gasteiger partial charge in [-0.05, 0) is 63.9 Å². The number of aryl methyl sites for hydroxylation is 2. The summed E-state index contributed by atoms with van der Waals surface area (Å²) >= 11 is 0. The highest BCUT2D eigenvalue weighted by atomic mass is 19.1. The van der Waals surface area contributed by atoms with Gasteiger partial charge < -0.3 is 10.0 Å². The number of aliphatic hydroxyl groups is 1. The summed E-state index contributed by atoms with van der Waals surface area (Å²) in [4.78, 5) is 2.19. The second kappa shape index (κ2) is 4.98. The van der Waals surface area contributed by atoms with Crippen molar-refractivity contribution in [2.45, 2.75) is 38.7 Å². The van der Waals surface area contributed by atoms with Crippen LogP contribution >= 0.6 is 0 Å². The third-order valence-electron chi connectivity index (χ3n) is 3.93. The molecule has 0 bridgehead atoms. The van der Waals surface area contributed by atoms with Crippen LogP contribution in [-0.4, -0.2) is 30.1 Å². The minimum absolute atomic E-state index is 0.264. The second-order valence-electron chi connectivity index (χ2n) is 5.63. The average Bonchev–Trinajstić information content (AvgIpc) is 2.40. The lowest BCUT2D eigenvalue weighted by Crippen LogP contribution is -2.30. The second-order valence-corrected chi connectivity index (χ2v) is 5.63. The van der Waals surface area contributed by atoms with Gasteiger partial charge in [0, 0.05) is 12.1 Å². The molecule has 3 heteroatoms. The van der Waals surface area contributed by atoms with Gasteiger partial charge in [-0.25, -0.2) is 4.39 Å². The van der Waals surface area contributed by atoms with Crippen molar-refractivity contribution >= 4 is 0 Å². The maximum atomic E-state index is 14.2. The van der Waals surface area contributed by atoms with Gasteiger partial charge in [-0.2, -0.15) is 0 Å². The van der Waals surface area contributed by atoms with Crippen LogP contribution in [0.3, 0.4) is 0 Å². The van der Waals surface area contributed by atoms with Gasteiger partial charge in [-0.1, -0.05) is 6.07 Å². The van der Waals surface area contributed by atoms with Crippen LogP contribution in [-0.2, 0) is 5.60 Å². The summed E-state index contributed by atoms with van der Waals surface area (Å²) in [6.07, 6.45) is 2.14. The van der Waals surface area contributed by atoms with Crippen molar-refractivity contribution in [2.75, 3.05) is 20.1 Å². The molecule has 1 saturated heterocycles. The largest absolute Gasteiger partial charge is 0.385 e. The molecule has 1 fully saturated rings. The first kappa shape index (κ1) is 13.5. The van der Waals surface area contributed by atoms with E-state index in [0.717, 1.165) is 30.6 Å². The molecule has 1 N–H and O–H groups in total. The number of hydrogen-bond donors (Lipinski definition) is 1. The minimum atomic E-state index is -1.01. The van der Waals surface area contributed by atoms with E-state index in [1.54, 1.807) is 0 Å². The molecule has 1 aromatic rings. The lowest BCUT2D eigenvalue weighted by atomic mass is 9.83. The van der Waals surface area contributed by atoms with E-state index < -0.39 is 5.60 Å². The van der Waals surface area contributed by atoms with E-state index >= 15 is 0 Å². The van der Waals surface area contributed by atoms with Crippen molar-refractivity contribution in [3.8, 4) is 0 Å². The monoisotopic (exact) mass is 251 g/mol. The van der Waals surface area contributed by atoms with Gasteiger partial charge in [0.15, 0.2) is 0 Å². The highest BCUT2D eigenvalue weighted by Crippen LogP contribution is 2.36. The Labute approximate surface area is 108 Å². The van der Waals surface area contributed by atoms with E-state index in [2.05, 4.69) is 4.90 Å². The van der Waals surface area contributed by atoms with E-state index in [1.165, 1.54) is 6.07 Å². The summed E-state index contributed by atoms with van der Waals surface area (Å²) in [5, 5.41) is 10.8. The quantitative estimate of drug-likeness (QED) is 0.829. The molecule has 0 radical (unpaired) electrons. The Kier molecular flexibility index (Phi) is 3.74. The Morgan fingerprint density at radius 1 is 1.22 bits per heavy atom. The van der Waals surface area contributed by atoms with Crippen LogP contribution in [0, 0.1) is 19.7 Å². The molecule has 1 aliphatic heterocycles. The molecule has 0 aliphatic carbocycles. The Bertz CT molecular complexity index is 423. The van der Waals surface area contributed by atoms with Crippen LogP contribution in [0.4, 0.5) is 4.39 Å². The maximum Gasteiger partial charge on any atom is 0.129 e. The van der Waals surface area contributed by atoms with Gasteiger partial charge in [-0.3, -0.25) is 0 Å². The van der Waals surface area contributed by atoms with Crippen LogP contribution in [0.1, 0.15) is 36.0 Å². The molecule has 2 nitrogen and oxygen atoms in total. The van der Waals surface area contributed by atoms with Crippen LogP contribution in [0.5, 0.6) is 0 Å². The van der Waals surface area contributed by atoms with E-state index in [9.17, 15) is 9.50 Å². The minimum Gasteiger partial charge on any atom is -0.385 e. The highest BCUT2D eigenvalue weighted by molar-refractivity contribution is 5.36. The van der Waals surface area contributed by atoms with E-state index in [1.807, 2.05) is 27.0 Å². The molecular weight excluding hydrogens is 229 g/mol. The van der Waals surface area contributed by atoms with E-state index in [4.69, 9.17) is 0 Å². The summed E-state index contributed by atoms with van der Waals surface area (Å²) in [5.74, 6) is -0.264. The fraction of sp³-hybridized carbons (Fsp3) is 0.600. The molecule has 100 valence electrons. The van der Waals surface area contributed by atoms with Crippen molar-refractivity contribution in [1.29, 1.82) is 0 Å². The van der Waals surface area contributed by atoms with E-state index in [0.29, 0.717) is 18.4 Å². The van der Waals surface area contributed by atoms with Gasteiger partial charge in [0.25, 0.3) is 0 Å². The van der Waals surface area contributed by atoms with Crippen LogP contribution in [0.2, 0.25) is 0 Å². The molecule has 0 saturated carbocycles. The lowest BCUT2D eigenvalue weighted by Gasteiger charge is -2.29. The first-order valence-electron chi connectivity index (χ1n) is 6.60. The fourth-order valence-electron chi connectivity index (χ4n) is 3.01. The van der Waals surface area contributed by atoms with E-state index in [-0.39, 0.29) is 5.82 Å². The Morgan fingerprint density at radius 2 is 1.94 bits per heavy atom.